The van der Waals surface area contributed by atoms with Gasteiger partial charge < -0.3 is 4.74 Å². The first-order chi connectivity index (χ1) is 12.9. The number of carbonyl (C=O) groups is 4. The number of hydrogen-bond acceptors (Lipinski definition) is 6. The fourth-order valence-electron chi connectivity index (χ4n) is 1.99. The summed E-state index contributed by atoms with van der Waals surface area (Å²) in [5.74, 6) is -2.11. The van der Waals surface area contributed by atoms with E-state index < -0.39 is 23.9 Å². The Morgan fingerprint density at radius 3 is 2.37 bits per heavy atom. The van der Waals surface area contributed by atoms with Crippen LogP contribution in [0.5, 0.6) is 0 Å². The van der Waals surface area contributed by atoms with Crippen LogP contribution >= 0.6 is 22.9 Å². The smallest absolute Gasteiger partial charge is 0.307 e. The Hall–Kier alpha value is -2.71. The maximum Gasteiger partial charge on any atom is 0.307 e. The quantitative estimate of drug-likeness (QED) is 0.416. The van der Waals surface area contributed by atoms with Gasteiger partial charge in [0.1, 0.15) is 0 Å². The van der Waals surface area contributed by atoms with Crippen LogP contribution in [0.2, 0.25) is 4.34 Å². The molecule has 1 aromatic heterocycles. The molecule has 1 atom stereocenters. The Labute approximate surface area is 164 Å². The number of hydrazine groups is 1. The summed E-state index contributed by atoms with van der Waals surface area (Å²) in [7, 11) is 0. The molecule has 2 aromatic rings. The Kier molecular flexibility index (Phi) is 7.51. The van der Waals surface area contributed by atoms with Crippen LogP contribution in [-0.4, -0.2) is 29.7 Å². The minimum Gasteiger partial charge on any atom is -0.452 e. The lowest BCUT2D eigenvalue weighted by Gasteiger charge is -2.14. The highest BCUT2D eigenvalue weighted by atomic mass is 35.5. The monoisotopic (exact) mass is 408 g/mol. The van der Waals surface area contributed by atoms with Crippen LogP contribution in [0.4, 0.5) is 0 Å². The summed E-state index contributed by atoms with van der Waals surface area (Å²) in [5, 5.41) is 0. The predicted molar refractivity (Wildman–Crippen MR) is 100 cm³/mol. The topological polar surface area (TPSA) is 102 Å². The Morgan fingerprint density at radius 2 is 1.74 bits per heavy atom. The molecule has 2 N–H and O–H groups in total. The minimum absolute atomic E-state index is 0.0469. The van der Waals surface area contributed by atoms with Gasteiger partial charge in [-0.3, -0.25) is 30.0 Å². The molecule has 27 heavy (non-hydrogen) atoms. The number of Topliss-reactive ketones (excluding diaryl/α,β-unsaturated/α-hetero) is 1. The van der Waals surface area contributed by atoms with Gasteiger partial charge in [-0.1, -0.05) is 29.8 Å². The highest BCUT2D eigenvalue weighted by Crippen LogP contribution is 2.23. The Bertz CT molecular complexity index is 837. The third kappa shape index (κ3) is 6.50. The maximum atomic E-state index is 11.9. The Balaban J connectivity index is 1.72. The highest BCUT2D eigenvalue weighted by Gasteiger charge is 2.19. The minimum atomic E-state index is -1.13. The summed E-state index contributed by atoms with van der Waals surface area (Å²) in [4.78, 5) is 47.9. The van der Waals surface area contributed by atoms with E-state index in [9.17, 15) is 19.2 Å². The second-order valence-electron chi connectivity index (χ2n) is 5.47. The number of ether oxygens (including phenoxy) is 1. The van der Waals surface area contributed by atoms with Crippen LogP contribution < -0.4 is 10.9 Å². The molecular formula is C18H17ClN2O5S. The lowest BCUT2D eigenvalue weighted by atomic mass is 10.2. The van der Waals surface area contributed by atoms with Gasteiger partial charge in [-0.2, -0.15) is 0 Å². The number of ketones is 1. The second kappa shape index (κ2) is 9.84. The number of hydrogen-bond donors (Lipinski definition) is 2. The van der Waals surface area contributed by atoms with Crippen molar-refractivity contribution in [1.29, 1.82) is 0 Å². The molecule has 0 radical (unpaired) electrons. The standard InChI is InChI=1S/C18H17ClN2O5S/c1-11(17(24)20-21-18(25)12-5-3-2-4-6-12)26-16(23)10-7-13(22)14-8-9-15(19)27-14/h2-6,8-9,11H,7,10H2,1H3,(H,20,24)(H,21,25)/t11-/m1/s1. The zero-order valence-corrected chi connectivity index (χ0v) is 15.9. The van der Waals surface area contributed by atoms with Gasteiger partial charge in [0.05, 0.1) is 15.6 Å². The first-order valence-corrected chi connectivity index (χ1v) is 9.19. The predicted octanol–water partition coefficient (Wildman–Crippen LogP) is 2.76. The van der Waals surface area contributed by atoms with Gasteiger partial charge >= 0.3 is 5.97 Å². The summed E-state index contributed by atoms with van der Waals surface area (Å²) >= 11 is 6.90. The van der Waals surface area contributed by atoms with Crippen molar-refractivity contribution in [2.45, 2.75) is 25.9 Å². The van der Waals surface area contributed by atoms with Gasteiger partial charge in [0, 0.05) is 12.0 Å². The first-order valence-electron chi connectivity index (χ1n) is 8.00. The molecule has 0 aliphatic rings. The van der Waals surface area contributed by atoms with Crippen molar-refractivity contribution in [3.05, 3.63) is 57.2 Å². The van der Waals surface area contributed by atoms with E-state index >= 15 is 0 Å². The van der Waals surface area contributed by atoms with E-state index in [1.165, 1.54) is 6.92 Å². The van der Waals surface area contributed by atoms with Crippen LogP contribution in [0.15, 0.2) is 42.5 Å². The summed E-state index contributed by atoms with van der Waals surface area (Å²) < 4.78 is 5.45. The average Bonchev–Trinajstić information content (AvgIpc) is 3.11. The van der Waals surface area contributed by atoms with E-state index in [-0.39, 0.29) is 18.6 Å². The molecule has 0 saturated carbocycles. The third-order valence-corrected chi connectivity index (χ3v) is 4.69. The molecule has 1 heterocycles. The van der Waals surface area contributed by atoms with Gasteiger partial charge in [0.15, 0.2) is 11.9 Å². The fraction of sp³-hybridized carbons (Fsp3) is 0.222. The molecule has 0 fully saturated rings. The van der Waals surface area contributed by atoms with Crippen LogP contribution in [0, 0.1) is 0 Å². The van der Waals surface area contributed by atoms with Crippen molar-refractivity contribution in [3.63, 3.8) is 0 Å². The molecule has 0 bridgehead atoms. The number of halogens is 1. The molecule has 2 amide bonds. The summed E-state index contributed by atoms with van der Waals surface area (Å²) in [5.41, 5.74) is 4.79. The van der Waals surface area contributed by atoms with Crippen molar-refractivity contribution < 1.29 is 23.9 Å². The number of rotatable bonds is 7. The lowest BCUT2D eigenvalue weighted by Crippen LogP contribution is -2.46. The molecule has 0 aliphatic carbocycles. The number of benzene rings is 1. The van der Waals surface area contributed by atoms with Gasteiger partial charge in [-0.25, -0.2) is 0 Å². The van der Waals surface area contributed by atoms with Crippen molar-refractivity contribution >= 4 is 46.5 Å². The van der Waals surface area contributed by atoms with Crippen molar-refractivity contribution in [1.82, 2.24) is 10.9 Å². The van der Waals surface area contributed by atoms with Crippen LogP contribution in [0.3, 0.4) is 0 Å². The van der Waals surface area contributed by atoms with E-state index in [1.54, 1.807) is 42.5 Å². The van der Waals surface area contributed by atoms with Crippen molar-refractivity contribution in [3.8, 4) is 0 Å². The molecular weight excluding hydrogens is 392 g/mol. The third-order valence-electron chi connectivity index (χ3n) is 3.42. The van der Waals surface area contributed by atoms with Gasteiger partial charge in [0.2, 0.25) is 0 Å². The normalized spacial score (nSPS) is 11.3. The van der Waals surface area contributed by atoms with Gasteiger partial charge in [0.25, 0.3) is 11.8 Å². The van der Waals surface area contributed by atoms with Crippen LogP contribution in [0.1, 0.15) is 39.8 Å². The highest BCUT2D eigenvalue weighted by molar-refractivity contribution is 7.18. The number of thiophene rings is 1. The number of carbonyl (C=O) groups excluding carboxylic acids is 4. The first kappa shape index (κ1) is 20.6. The molecule has 2 rings (SSSR count). The van der Waals surface area contributed by atoms with E-state index in [4.69, 9.17) is 16.3 Å². The van der Waals surface area contributed by atoms with Crippen LogP contribution in [-0.2, 0) is 14.3 Å². The summed E-state index contributed by atoms with van der Waals surface area (Å²) in [6.07, 6.45) is -1.34. The summed E-state index contributed by atoms with van der Waals surface area (Å²) in [6.45, 7) is 1.36. The SMILES string of the molecule is C[C@@H](OC(=O)CCC(=O)c1ccc(Cl)s1)C(=O)NNC(=O)c1ccccc1. The average molecular weight is 409 g/mol. The maximum absolute atomic E-state index is 11.9. The molecule has 9 heteroatoms. The number of esters is 1. The molecule has 7 nitrogen and oxygen atoms in total. The molecule has 142 valence electrons. The zero-order valence-electron chi connectivity index (χ0n) is 14.4. The lowest BCUT2D eigenvalue weighted by molar-refractivity contribution is -0.155. The van der Waals surface area contributed by atoms with E-state index in [1.807, 2.05) is 0 Å². The molecule has 0 aliphatic heterocycles. The zero-order chi connectivity index (χ0) is 19.8. The molecule has 1 aromatic carbocycles. The fourth-order valence-corrected chi connectivity index (χ4v) is 3.00. The summed E-state index contributed by atoms with van der Waals surface area (Å²) in [6, 6.07) is 11.5. The van der Waals surface area contributed by atoms with Crippen molar-refractivity contribution in [2.75, 3.05) is 0 Å². The van der Waals surface area contributed by atoms with Crippen molar-refractivity contribution in [2.24, 2.45) is 0 Å². The Morgan fingerprint density at radius 1 is 1.04 bits per heavy atom. The largest absolute Gasteiger partial charge is 0.452 e. The van der Waals surface area contributed by atoms with Gasteiger partial charge in [-0.15, -0.1) is 11.3 Å². The molecule has 0 saturated heterocycles. The molecule has 0 unspecified atom stereocenters. The van der Waals surface area contributed by atoms with Crippen LogP contribution in [0.25, 0.3) is 0 Å². The number of amides is 2. The van der Waals surface area contributed by atoms with E-state index in [0.717, 1.165) is 11.3 Å². The van der Waals surface area contributed by atoms with E-state index in [0.29, 0.717) is 14.8 Å². The number of nitrogens with one attached hydrogen (secondary N) is 2. The molecule has 0 spiro atoms. The second-order valence-corrected chi connectivity index (χ2v) is 7.18. The van der Waals surface area contributed by atoms with Gasteiger partial charge in [-0.05, 0) is 31.2 Å². The van der Waals surface area contributed by atoms with E-state index in [2.05, 4.69) is 10.9 Å².